The molecule has 0 aliphatic heterocycles. The maximum Gasteiger partial charge on any atom is 0.306 e. The maximum absolute atomic E-state index is 12.8. The van der Waals surface area contributed by atoms with Gasteiger partial charge in [0.2, 0.25) is 0 Å². The summed E-state index contributed by atoms with van der Waals surface area (Å²) < 4.78 is 16.9. The molecule has 0 radical (unpaired) electrons. The maximum atomic E-state index is 12.8. The van der Waals surface area contributed by atoms with Crippen molar-refractivity contribution in [3.8, 4) is 0 Å². The van der Waals surface area contributed by atoms with E-state index >= 15 is 0 Å². The molecular weight excluding hydrogens is 865 g/mol. The number of carbonyl (C=O) groups excluding carboxylic acids is 3. The predicted octanol–water partition coefficient (Wildman–Crippen LogP) is 20.8. The molecule has 0 amide bonds. The Morgan fingerprint density at radius 1 is 0.286 bits per heavy atom. The van der Waals surface area contributed by atoms with Gasteiger partial charge in [0.15, 0.2) is 6.10 Å². The molecular formula is C64H118O6. The van der Waals surface area contributed by atoms with Gasteiger partial charge in [0.25, 0.3) is 0 Å². The van der Waals surface area contributed by atoms with Crippen LogP contribution >= 0.6 is 0 Å². The zero-order valence-electron chi connectivity index (χ0n) is 47.1. The molecule has 0 spiro atoms. The van der Waals surface area contributed by atoms with Crippen molar-refractivity contribution in [1.29, 1.82) is 0 Å². The second-order valence-corrected chi connectivity index (χ2v) is 21.0. The van der Waals surface area contributed by atoms with E-state index in [0.717, 1.165) is 89.9 Å². The number of hydrogen-bond donors (Lipinski definition) is 0. The van der Waals surface area contributed by atoms with E-state index in [0.29, 0.717) is 19.3 Å². The first-order valence-corrected chi connectivity index (χ1v) is 31.0. The van der Waals surface area contributed by atoms with E-state index < -0.39 is 6.10 Å². The van der Waals surface area contributed by atoms with Gasteiger partial charge in [-0.1, -0.05) is 282 Å². The van der Waals surface area contributed by atoms with Gasteiger partial charge < -0.3 is 14.2 Å². The van der Waals surface area contributed by atoms with Gasteiger partial charge in [-0.25, -0.2) is 0 Å². The molecule has 0 aromatic rings. The molecule has 6 heteroatoms. The summed E-state index contributed by atoms with van der Waals surface area (Å²) in [6.07, 6.45) is 71.6. The summed E-state index contributed by atoms with van der Waals surface area (Å²) in [6.45, 7) is 6.60. The zero-order valence-corrected chi connectivity index (χ0v) is 47.1. The number of rotatable bonds is 57. The molecule has 1 unspecified atom stereocenters. The first-order chi connectivity index (χ1) is 34.5. The molecule has 0 fully saturated rings. The van der Waals surface area contributed by atoms with Crippen LogP contribution in [-0.4, -0.2) is 37.2 Å². The zero-order chi connectivity index (χ0) is 50.7. The molecule has 410 valence electrons. The quantitative estimate of drug-likeness (QED) is 0.0261. The molecule has 0 aromatic heterocycles. The first-order valence-electron chi connectivity index (χ1n) is 31.0. The number of esters is 3. The molecule has 0 N–H and O–H groups in total. The van der Waals surface area contributed by atoms with E-state index in [1.807, 2.05) is 0 Å². The van der Waals surface area contributed by atoms with Gasteiger partial charge in [0.05, 0.1) is 0 Å². The van der Waals surface area contributed by atoms with Gasteiger partial charge in [-0.3, -0.25) is 14.4 Å². The largest absolute Gasteiger partial charge is 0.462 e. The Balaban J connectivity index is 4.21. The minimum atomic E-state index is -0.780. The predicted molar refractivity (Wildman–Crippen MR) is 302 cm³/mol. The molecule has 0 rings (SSSR count). The topological polar surface area (TPSA) is 78.9 Å². The fraction of sp³-hybridized carbons (Fsp3) is 0.859. The summed E-state index contributed by atoms with van der Waals surface area (Å²) in [6, 6.07) is 0. The van der Waals surface area contributed by atoms with Crippen molar-refractivity contribution >= 4 is 17.9 Å². The van der Waals surface area contributed by atoms with Crippen LogP contribution in [0.2, 0.25) is 0 Å². The summed E-state index contributed by atoms with van der Waals surface area (Å²) in [5.74, 6) is -0.881. The van der Waals surface area contributed by atoms with Gasteiger partial charge in [-0.05, 0) is 70.6 Å². The number of hydrogen-bond acceptors (Lipinski definition) is 6. The fourth-order valence-electron chi connectivity index (χ4n) is 9.18. The minimum absolute atomic E-state index is 0.0764. The molecule has 70 heavy (non-hydrogen) atoms. The van der Waals surface area contributed by atoms with E-state index in [2.05, 4.69) is 57.2 Å². The number of carbonyl (C=O) groups is 3. The lowest BCUT2D eigenvalue weighted by Gasteiger charge is -2.18. The standard InChI is InChI=1S/C64H118O6/c1-4-7-10-13-16-19-22-25-27-28-29-30-31-32-33-34-35-36-37-40-42-45-48-51-54-57-63(66)69-60-61(59-68-62(65)56-53-50-47-44-41-38-24-21-18-15-12-9-6-3)70-64(67)58-55-52-49-46-43-39-26-23-20-17-14-11-8-5-2/h12,15,21,23-24,26,61H,4-11,13-14,16-20,22,25,27-60H2,1-3H3/b15-12-,24-21-,26-23-. The van der Waals surface area contributed by atoms with Gasteiger partial charge in [0.1, 0.15) is 13.2 Å². The number of ether oxygens (including phenoxy) is 3. The second-order valence-electron chi connectivity index (χ2n) is 21.0. The fourth-order valence-corrected chi connectivity index (χ4v) is 9.18. The van der Waals surface area contributed by atoms with Crippen molar-refractivity contribution in [2.24, 2.45) is 0 Å². The Hall–Kier alpha value is -2.37. The molecule has 0 saturated carbocycles. The van der Waals surface area contributed by atoms with Gasteiger partial charge in [-0.2, -0.15) is 0 Å². The third-order valence-electron chi connectivity index (χ3n) is 13.8. The lowest BCUT2D eigenvalue weighted by Crippen LogP contribution is -2.30. The molecule has 6 nitrogen and oxygen atoms in total. The smallest absolute Gasteiger partial charge is 0.306 e. The van der Waals surface area contributed by atoms with E-state index in [4.69, 9.17) is 14.2 Å². The van der Waals surface area contributed by atoms with Crippen molar-refractivity contribution in [1.82, 2.24) is 0 Å². The Morgan fingerprint density at radius 2 is 0.543 bits per heavy atom. The van der Waals surface area contributed by atoms with Crippen LogP contribution in [0.1, 0.15) is 335 Å². The van der Waals surface area contributed by atoms with Gasteiger partial charge in [-0.15, -0.1) is 0 Å². The highest BCUT2D eigenvalue weighted by atomic mass is 16.6. The Labute approximate surface area is 435 Å². The molecule has 0 aliphatic carbocycles. The summed E-state index contributed by atoms with van der Waals surface area (Å²) in [4.78, 5) is 38.2. The summed E-state index contributed by atoms with van der Waals surface area (Å²) in [5.41, 5.74) is 0. The van der Waals surface area contributed by atoms with Crippen LogP contribution in [0.3, 0.4) is 0 Å². The summed E-state index contributed by atoms with van der Waals surface area (Å²) in [7, 11) is 0. The molecule has 0 aromatic carbocycles. The SMILES string of the molecule is CCC/C=C\C/C=C\CCCCCCCC(=O)OCC(COC(=O)CCCCCCCCCCCCCCCCCCCCCCCCCCC)OC(=O)CCCCCCC/C=C\CCCCCCC. The molecule has 0 aliphatic rings. The van der Waals surface area contributed by atoms with Crippen LogP contribution in [0, 0.1) is 0 Å². The van der Waals surface area contributed by atoms with Crippen molar-refractivity contribution < 1.29 is 28.6 Å². The average Bonchev–Trinajstić information content (AvgIpc) is 3.36. The third-order valence-corrected chi connectivity index (χ3v) is 13.8. The van der Waals surface area contributed by atoms with E-state index in [1.54, 1.807) is 0 Å². The highest BCUT2D eigenvalue weighted by Gasteiger charge is 2.19. The van der Waals surface area contributed by atoms with Crippen LogP contribution in [-0.2, 0) is 28.6 Å². The summed E-state index contributed by atoms with van der Waals surface area (Å²) in [5, 5.41) is 0. The average molecular weight is 984 g/mol. The van der Waals surface area contributed by atoms with E-state index in [-0.39, 0.29) is 31.1 Å². The second kappa shape index (κ2) is 59.2. The lowest BCUT2D eigenvalue weighted by molar-refractivity contribution is -0.167. The Kier molecular flexibility index (Phi) is 57.2. The monoisotopic (exact) mass is 983 g/mol. The number of allylic oxidation sites excluding steroid dienone is 6. The van der Waals surface area contributed by atoms with Crippen LogP contribution in [0.15, 0.2) is 36.5 Å². The van der Waals surface area contributed by atoms with E-state index in [1.165, 1.54) is 205 Å². The molecule has 0 saturated heterocycles. The van der Waals surface area contributed by atoms with Crippen molar-refractivity contribution in [3.63, 3.8) is 0 Å². The van der Waals surface area contributed by atoms with Gasteiger partial charge in [0, 0.05) is 19.3 Å². The van der Waals surface area contributed by atoms with Crippen molar-refractivity contribution in [2.45, 2.75) is 341 Å². The molecule has 1 atom stereocenters. The first kappa shape index (κ1) is 67.6. The van der Waals surface area contributed by atoms with Crippen molar-refractivity contribution in [3.05, 3.63) is 36.5 Å². The normalized spacial score (nSPS) is 12.2. The lowest BCUT2D eigenvalue weighted by atomic mass is 10.0. The van der Waals surface area contributed by atoms with Crippen LogP contribution in [0.5, 0.6) is 0 Å². The molecule has 0 heterocycles. The Morgan fingerprint density at radius 3 is 0.857 bits per heavy atom. The third kappa shape index (κ3) is 56.5. The number of unbranched alkanes of at least 4 members (excludes halogenated alkanes) is 40. The highest BCUT2D eigenvalue weighted by molar-refractivity contribution is 5.71. The minimum Gasteiger partial charge on any atom is -0.462 e. The van der Waals surface area contributed by atoms with Gasteiger partial charge >= 0.3 is 17.9 Å². The van der Waals surface area contributed by atoms with Crippen molar-refractivity contribution in [2.75, 3.05) is 13.2 Å². The van der Waals surface area contributed by atoms with Crippen LogP contribution in [0.4, 0.5) is 0 Å². The Bertz CT molecular complexity index is 1170. The van der Waals surface area contributed by atoms with Crippen LogP contribution in [0.25, 0.3) is 0 Å². The summed E-state index contributed by atoms with van der Waals surface area (Å²) >= 11 is 0. The highest BCUT2D eigenvalue weighted by Crippen LogP contribution is 2.17. The van der Waals surface area contributed by atoms with E-state index in [9.17, 15) is 14.4 Å². The molecule has 0 bridgehead atoms. The van der Waals surface area contributed by atoms with Crippen LogP contribution < -0.4 is 0 Å².